The van der Waals surface area contributed by atoms with Gasteiger partial charge in [-0.05, 0) is 31.4 Å². The van der Waals surface area contributed by atoms with Gasteiger partial charge in [-0.2, -0.15) is 0 Å². The summed E-state index contributed by atoms with van der Waals surface area (Å²) in [6, 6.07) is 0. The second kappa shape index (κ2) is 11.5. The van der Waals surface area contributed by atoms with Crippen LogP contribution >= 0.6 is 11.8 Å². The second-order valence-electron chi connectivity index (χ2n) is 4.88. The number of hydrogen-bond acceptors (Lipinski definition) is 3. The minimum atomic E-state index is -2.18. The third-order valence-corrected chi connectivity index (χ3v) is 4.36. The van der Waals surface area contributed by atoms with Gasteiger partial charge in [0.15, 0.2) is 0 Å². The molecule has 0 fully saturated rings. The fraction of sp³-hybridized carbons (Fsp3) is 0.929. The van der Waals surface area contributed by atoms with Crippen molar-refractivity contribution in [2.75, 3.05) is 12.4 Å². The Balaban J connectivity index is 3.68. The summed E-state index contributed by atoms with van der Waals surface area (Å²) in [6.07, 6.45) is 1.18. The van der Waals surface area contributed by atoms with Gasteiger partial charge in [-0.1, -0.05) is 26.7 Å². The van der Waals surface area contributed by atoms with Crippen LogP contribution < -0.4 is 0 Å². The molecule has 0 heterocycles. The highest BCUT2D eigenvalue weighted by Gasteiger charge is 2.23. The Hall–Kier alpha value is -0.320. The Morgan fingerprint density at radius 1 is 1.16 bits per heavy atom. The first-order valence-electron chi connectivity index (χ1n) is 7.05. The number of carbonyl (C=O) groups excluding carboxylic acids is 1. The number of ether oxygens (including phenoxy) is 1. The zero-order valence-electron chi connectivity index (χ0n) is 12.2. The van der Waals surface area contributed by atoms with Crippen LogP contribution in [0.25, 0.3) is 0 Å². The maximum Gasteiger partial charge on any atom is 0.319 e. The maximum absolute atomic E-state index is 11.9. The zero-order chi connectivity index (χ0) is 14.7. The van der Waals surface area contributed by atoms with E-state index in [-0.39, 0.29) is 23.6 Å². The highest BCUT2D eigenvalue weighted by atomic mass is 32.2. The van der Waals surface area contributed by atoms with E-state index in [0.29, 0.717) is 13.0 Å². The van der Waals surface area contributed by atoms with Crippen molar-refractivity contribution in [1.82, 2.24) is 0 Å². The average molecular weight is 296 g/mol. The van der Waals surface area contributed by atoms with Crippen LogP contribution in [-0.4, -0.2) is 30.0 Å². The van der Waals surface area contributed by atoms with Crippen LogP contribution in [0.15, 0.2) is 0 Å². The van der Waals surface area contributed by atoms with Crippen molar-refractivity contribution in [3.05, 3.63) is 0 Å². The standard InChI is InChI=1S/C14H26F2O2S/c1-4-18-14(17)13(11(2)3)19-10-8-6-5-7-9-12(15)16/h11-13H,4-10H2,1-3H3. The molecule has 0 aliphatic heterocycles. The molecule has 0 radical (unpaired) electrons. The Bertz CT molecular complexity index is 235. The van der Waals surface area contributed by atoms with Crippen molar-refractivity contribution in [1.29, 1.82) is 0 Å². The molecule has 114 valence electrons. The Morgan fingerprint density at radius 2 is 1.79 bits per heavy atom. The monoisotopic (exact) mass is 296 g/mol. The van der Waals surface area contributed by atoms with E-state index >= 15 is 0 Å². The highest BCUT2D eigenvalue weighted by molar-refractivity contribution is 8.00. The molecule has 5 heteroatoms. The number of thioether (sulfide) groups is 1. The van der Waals surface area contributed by atoms with E-state index in [1.54, 1.807) is 11.8 Å². The highest BCUT2D eigenvalue weighted by Crippen LogP contribution is 2.22. The summed E-state index contributed by atoms with van der Waals surface area (Å²) in [5, 5.41) is -0.110. The lowest BCUT2D eigenvalue weighted by atomic mass is 10.1. The molecular weight excluding hydrogens is 270 g/mol. The van der Waals surface area contributed by atoms with Gasteiger partial charge in [0.05, 0.1) is 6.61 Å². The van der Waals surface area contributed by atoms with Gasteiger partial charge in [-0.25, -0.2) is 8.78 Å². The third kappa shape index (κ3) is 10.2. The number of carbonyl (C=O) groups is 1. The van der Waals surface area contributed by atoms with Gasteiger partial charge in [0.2, 0.25) is 6.43 Å². The molecule has 0 bridgehead atoms. The van der Waals surface area contributed by atoms with Crippen LogP contribution in [0.4, 0.5) is 8.78 Å². The number of esters is 1. The molecule has 0 aliphatic rings. The normalized spacial score (nSPS) is 13.0. The van der Waals surface area contributed by atoms with E-state index in [2.05, 4.69) is 0 Å². The fourth-order valence-electron chi connectivity index (χ4n) is 1.72. The van der Waals surface area contributed by atoms with Gasteiger partial charge in [0.25, 0.3) is 0 Å². The molecule has 1 unspecified atom stereocenters. The van der Waals surface area contributed by atoms with Crippen molar-refractivity contribution in [3.63, 3.8) is 0 Å². The lowest BCUT2D eigenvalue weighted by Crippen LogP contribution is -2.26. The molecule has 0 aromatic heterocycles. The second-order valence-corrected chi connectivity index (χ2v) is 6.13. The van der Waals surface area contributed by atoms with E-state index in [1.807, 2.05) is 20.8 Å². The Labute approximate surface area is 119 Å². The first-order valence-corrected chi connectivity index (χ1v) is 8.10. The van der Waals surface area contributed by atoms with Gasteiger partial charge in [-0.3, -0.25) is 4.79 Å². The number of hydrogen-bond donors (Lipinski definition) is 0. The van der Waals surface area contributed by atoms with Gasteiger partial charge < -0.3 is 4.74 Å². The van der Waals surface area contributed by atoms with Crippen molar-refractivity contribution in [2.45, 2.75) is 64.6 Å². The molecule has 0 aliphatic carbocycles. The molecular formula is C14H26F2O2S. The Morgan fingerprint density at radius 3 is 2.32 bits per heavy atom. The zero-order valence-corrected chi connectivity index (χ0v) is 13.0. The van der Waals surface area contributed by atoms with Crippen molar-refractivity contribution >= 4 is 17.7 Å². The number of rotatable bonds is 11. The number of alkyl halides is 2. The smallest absolute Gasteiger partial charge is 0.319 e. The summed E-state index contributed by atoms with van der Waals surface area (Å²) in [5.41, 5.74) is 0. The van der Waals surface area contributed by atoms with Crippen molar-refractivity contribution in [2.24, 2.45) is 5.92 Å². The van der Waals surface area contributed by atoms with Crippen LogP contribution in [-0.2, 0) is 9.53 Å². The van der Waals surface area contributed by atoms with Crippen molar-refractivity contribution in [3.8, 4) is 0 Å². The predicted octanol–water partition coefficient (Wildman–Crippen LogP) is 4.52. The topological polar surface area (TPSA) is 26.3 Å². The molecule has 1 atom stereocenters. The van der Waals surface area contributed by atoms with Gasteiger partial charge >= 0.3 is 5.97 Å². The van der Waals surface area contributed by atoms with E-state index < -0.39 is 6.43 Å². The van der Waals surface area contributed by atoms with Gasteiger partial charge in [-0.15, -0.1) is 11.8 Å². The first-order chi connectivity index (χ1) is 8.99. The predicted molar refractivity (Wildman–Crippen MR) is 76.8 cm³/mol. The molecule has 0 spiro atoms. The minimum Gasteiger partial charge on any atom is -0.465 e. The molecule has 0 aromatic rings. The van der Waals surface area contributed by atoms with Crippen molar-refractivity contribution < 1.29 is 18.3 Å². The largest absolute Gasteiger partial charge is 0.465 e. The molecule has 0 amide bonds. The molecule has 0 aromatic carbocycles. The van der Waals surface area contributed by atoms with Crippen LogP contribution in [0.1, 0.15) is 52.9 Å². The summed E-state index contributed by atoms with van der Waals surface area (Å²) in [6.45, 7) is 6.24. The summed E-state index contributed by atoms with van der Waals surface area (Å²) in [4.78, 5) is 11.7. The molecule has 19 heavy (non-hydrogen) atoms. The summed E-state index contributed by atoms with van der Waals surface area (Å²) in [5.74, 6) is 0.999. The van der Waals surface area contributed by atoms with Crippen LogP contribution in [0.3, 0.4) is 0 Å². The van der Waals surface area contributed by atoms with E-state index in [9.17, 15) is 13.6 Å². The third-order valence-electron chi connectivity index (χ3n) is 2.74. The van der Waals surface area contributed by atoms with Crippen LogP contribution in [0.2, 0.25) is 0 Å². The number of halogens is 2. The molecule has 0 saturated carbocycles. The van der Waals surface area contributed by atoms with Gasteiger partial charge in [0.1, 0.15) is 5.25 Å². The van der Waals surface area contributed by atoms with Gasteiger partial charge in [0, 0.05) is 6.42 Å². The average Bonchev–Trinajstić information content (AvgIpc) is 2.31. The SMILES string of the molecule is CCOC(=O)C(SCCCCCCC(F)F)C(C)C. The van der Waals surface area contributed by atoms with E-state index in [0.717, 1.165) is 25.0 Å². The van der Waals surface area contributed by atoms with Crippen LogP contribution in [0, 0.1) is 5.92 Å². The van der Waals surface area contributed by atoms with E-state index in [1.165, 1.54) is 0 Å². The summed E-state index contributed by atoms with van der Waals surface area (Å²) < 4.78 is 28.9. The van der Waals surface area contributed by atoms with Crippen LogP contribution in [0.5, 0.6) is 0 Å². The molecule has 0 rings (SSSR count). The summed E-state index contributed by atoms with van der Waals surface area (Å²) in [7, 11) is 0. The minimum absolute atomic E-state index is 0.00455. The first kappa shape index (κ1) is 18.7. The lowest BCUT2D eigenvalue weighted by Gasteiger charge is -2.18. The fourth-order valence-corrected chi connectivity index (χ4v) is 2.94. The lowest BCUT2D eigenvalue weighted by molar-refractivity contribution is -0.143. The Kier molecular flexibility index (Phi) is 11.3. The molecule has 2 nitrogen and oxygen atoms in total. The summed E-state index contributed by atoms with van der Waals surface area (Å²) >= 11 is 1.62. The maximum atomic E-state index is 11.9. The van der Waals surface area contributed by atoms with E-state index in [4.69, 9.17) is 4.74 Å². The number of unbranched alkanes of at least 4 members (excludes halogenated alkanes) is 3. The molecule has 0 saturated heterocycles. The molecule has 0 N–H and O–H groups in total. The quantitative estimate of drug-likeness (QED) is 0.414.